The van der Waals surface area contributed by atoms with Crippen molar-refractivity contribution in [2.45, 2.75) is 46.5 Å². The maximum absolute atomic E-state index is 11.7. The topological polar surface area (TPSA) is 54.4 Å². The number of carboxylic acids is 1. The molecular formula is C12H20O3. The Bertz CT molecular complexity index is 254. The molecule has 86 valence electrons. The number of hydrogen-bond acceptors (Lipinski definition) is 2. The van der Waals surface area contributed by atoms with Crippen LogP contribution >= 0.6 is 0 Å². The third-order valence-corrected chi connectivity index (χ3v) is 2.50. The van der Waals surface area contributed by atoms with Crippen LogP contribution < -0.4 is 0 Å². The number of carbonyl (C=O) groups is 2. The molecule has 0 aliphatic carbocycles. The van der Waals surface area contributed by atoms with E-state index in [0.717, 1.165) is 25.7 Å². The zero-order valence-corrected chi connectivity index (χ0v) is 9.75. The number of unbranched alkanes of at least 4 members (excludes halogenated alkanes) is 1. The van der Waals surface area contributed by atoms with Crippen molar-refractivity contribution < 1.29 is 14.7 Å². The second-order valence-corrected chi connectivity index (χ2v) is 3.78. The fraction of sp³-hybridized carbons (Fsp3) is 0.667. The summed E-state index contributed by atoms with van der Waals surface area (Å²) in [6.45, 7) is 5.49. The molecule has 0 spiro atoms. The predicted molar refractivity (Wildman–Crippen MR) is 59.7 cm³/mol. The Hall–Kier alpha value is -1.12. The van der Waals surface area contributed by atoms with Gasteiger partial charge in [0, 0.05) is 11.5 Å². The molecule has 1 N–H and O–H groups in total. The highest BCUT2D eigenvalue weighted by atomic mass is 16.4. The van der Waals surface area contributed by atoms with E-state index in [2.05, 4.69) is 6.92 Å². The summed E-state index contributed by atoms with van der Waals surface area (Å²) in [6.07, 6.45) is 4.97. The van der Waals surface area contributed by atoms with E-state index in [0.29, 0.717) is 0 Å². The van der Waals surface area contributed by atoms with Gasteiger partial charge in [0.2, 0.25) is 0 Å². The molecule has 0 amide bonds. The molecule has 0 heterocycles. The molecule has 0 aliphatic heterocycles. The minimum absolute atomic E-state index is 0.0146. The Kier molecular flexibility index (Phi) is 6.67. The van der Waals surface area contributed by atoms with Gasteiger partial charge in [-0.2, -0.15) is 0 Å². The van der Waals surface area contributed by atoms with Crippen LogP contribution in [0.2, 0.25) is 0 Å². The molecule has 1 unspecified atom stereocenters. The smallest absolute Gasteiger partial charge is 0.331 e. The maximum atomic E-state index is 11.7. The molecule has 0 rings (SSSR count). The van der Waals surface area contributed by atoms with Crippen LogP contribution in [0.25, 0.3) is 0 Å². The summed E-state index contributed by atoms with van der Waals surface area (Å²) in [5, 5.41) is 8.64. The van der Waals surface area contributed by atoms with Crippen molar-refractivity contribution in [3.63, 3.8) is 0 Å². The molecule has 0 radical (unpaired) electrons. The predicted octanol–water partition coefficient (Wildman–Crippen LogP) is 2.80. The molecule has 0 saturated carbocycles. The van der Waals surface area contributed by atoms with E-state index in [-0.39, 0.29) is 17.3 Å². The average Bonchev–Trinajstić information content (AvgIpc) is 2.18. The van der Waals surface area contributed by atoms with E-state index in [1.165, 1.54) is 13.0 Å². The van der Waals surface area contributed by atoms with Crippen LogP contribution in [0.3, 0.4) is 0 Å². The van der Waals surface area contributed by atoms with Crippen molar-refractivity contribution in [2.75, 3.05) is 0 Å². The lowest BCUT2D eigenvalue weighted by atomic mass is 9.93. The van der Waals surface area contributed by atoms with E-state index in [4.69, 9.17) is 5.11 Å². The van der Waals surface area contributed by atoms with Crippen molar-refractivity contribution >= 4 is 11.8 Å². The van der Waals surface area contributed by atoms with Crippen molar-refractivity contribution in [3.8, 4) is 0 Å². The second kappa shape index (κ2) is 7.21. The van der Waals surface area contributed by atoms with Gasteiger partial charge in [0.1, 0.15) is 0 Å². The first-order valence-corrected chi connectivity index (χ1v) is 5.48. The first-order valence-electron chi connectivity index (χ1n) is 5.48. The van der Waals surface area contributed by atoms with Crippen LogP contribution in [-0.2, 0) is 9.59 Å². The Labute approximate surface area is 91.2 Å². The van der Waals surface area contributed by atoms with Crippen LogP contribution in [0.1, 0.15) is 46.5 Å². The number of aliphatic carboxylic acids is 1. The van der Waals surface area contributed by atoms with Crippen molar-refractivity contribution in [2.24, 2.45) is 5.92 Å². The monoisotopic (exact) mass is 212 g/mol. The van der Waals surface area contributed by atoms with Gasteiger partial charge in [-0.25, -0.2) is 4.79 Å². The van der Waals surface area contributed by atoms with E-state index in [9.17, 15) is 9.59 Å². The zero-order chi connectivity index (χ0) is 11.8. The van der Waals surface area contributed by atoms with E-state index < -0.39 is 5.97 Å². The highest BCUT2D eigenvalue weighted by molar-refractivity contribution is 5.99. The van der Waals surface area contributed by atoms with Crippen LogP contribution in [0.15, 0.2) is 11.6 Å². The van der Waals surface area contributed by atoms with Gasteiger partial charge in [-0.1, -0.05) is 26.7 Å². The first kappa shape index (κ1) is 13.9. The van der Waals surface area contributed by atoms with Crippen molar-refractivity contribution in [1.82, 2.24) is 0 Å². The Morgan fingerprint density at radius 3 is 2.33 bits per heavy atom. The lowest BCUT2D eigenvalue weighted by molar-refractivity contribution is -0.133. The maximum Gasteiger partial charge on any atom is 0.331 e. The molecule has 15 heavy (non-hydrogen) atoms. The van der Waals surface area contributed by atoms with Crippen LogP contribution in [0, 0.1) is 5.92 Å². The van der Waals surface area contributed by atoms with Crippen LogP contribution in [0.5, 0.6) is 0 Å². The van der Waals surface area contributed by atoms with Gasteiger partial charge in [0.05, 0.1) is 0 Å². The Balaban J connectivity index is 4.39. The number of allylic oxidation sites excluding steroid dienone is 1. The Morgan fingerprint density at radius 1 is 1.33 bits per heavy atom. The average molecular weight is 212 g/mol. The highest BCUT2D eigenvalue weighted by Crippen LogP contribution is 2.15. The molecule has 0 saturated heterocycles. The summed E-state index contributed by atoms with van der Waals surface area (Å²) >= 11 is 0. The number of rotatable bonds is 7. The third-order valence-electron chi connectivity index (χ3n) is 2.50. The van der Waals surface area contributed by atoms with Gasteiger partial charge in [-0.05, 0) is 25.8 Å². The molecule has 1 atom stereocenters. The summed E-state index contributed by atoms with van der Waals surface area (Å²) in [7, 11) is 0. The van der Waals surface area contributed by atoms with Crippen LogP contribution in [0.4, 0.5) is 0 Å². The van der Waals surface area contributed by atoms with Gasteiger partial charge in [-0.15, -0.1) is 0 Å². The molecule has 3 nitrogen and oxygen atoms in total. The fourth-order valence-corrected chi connectivity index (χ4v) is 1.39. The lowest BCUT2D eigenvalue weighted by Crippen LogP contribution is -2.12. The van der Waals surface area contributed by atoms with Gasteiger partial charge >= 0.3 is 5.97 Å². The van der Waals surface area contributed by atoms with Gasteiger partial charge < -0.3 is 5.11 Å². The van der Waals surface area contributed by atoms with E-state index in [1.54, 1.807) is 0 Å². The molecule has 0 aliphatic rings. The number of ketones is 1. The van der Waals surface area contributed by atoms with E-state index >= 15 is 0 Å². The molecule has 0 aromatic heterocycles. The quantitative estimate of drug-likeness (QED) is 0.660. The minimum Gasteiger partial charge on any atom is -0.478 e. The van der Waals surface area contributed by atoms with Gasteiger partial charge in [-0.3, -0.25) is 4.79 Å². The number of hydrogen-bond donors (Lipinski definition) is 1. The standard InChI is InChI=1S/C12H20O3/c1-4-6-7-10(5-2)11(13)8-9(3)12(14)15/h8,10H,4-7H2,1-3H3,(H,14,15). The van der Waals surface area contributed by atoms with Crippen molar-refractivity contribution in [1.29, 1.82) is 0 Å². The number of carboxylic acid groups (broad SMARTS) is 1. The largest absolute Gasteiger partial charge is 0.478 e. The summed E-state index contributed by atoms with van der Waals surface area (Å²) < 4.78 is 0. The second-order valence-electron chi connectivity index (χ2n) is 3.78. The van der Waals surface area contributed by atoms with Gasteiger partial charge in [0.15, 0.2) is 5.78 Å². The van der Waals surface area contributed by atoms with Gasteiger partial charge in [0.25, 0.3) is 0 Å². The SMILES string of the molecule is CCCCC(CC)C(=O)C=C(C)C(=O)O. The highest BCUT2D eigenvalue weighted by Gasteiger charge is 2.14. The minimum atomic E-state index is -1.02. The summed E-state index contributed by atoms with van der Waals surface area (Å²) in [5.41, 5.74) is 0.120. The van der Waals surface area contributed by atoms with Crippen LogP contribution in [-0.4, -0.2) is 16.9 Å². The molecule has 0 aromatic carbocycles. The zero-order valence-electron chi connectivity index (χ0n) is 9.75. The van der Waals surface area contributed by atoms with Crippen molar-refractivity contribution in [3.05, 3.63) is 11.6 Å². The lowest BCUT2D eigenvalue weighted by Gasteiger charge is -2.10. The summed E-state index contributed by atoms with van der Waals surface area (Å²) in [6, 6.07) is 0. The molecule has 0 bridgehead atoms. The Morgan fingerprint density at radius 2 is 1.93 bits per heavy atom. The normalized spacial score (nSPS) is 13.7. The number of carbonyl (C=O) groups excluding carboxylic acids is 1. The molecule has 0 fully saturated rings. The summed E-state index contributed by atoms with van der Waals surface area (Å²) in [5.74, 6) is -1.08. The molecule has 0 aromatic rings. The van der Waals surface area contributed by atoms with E-state index in [1.807, 2.05) is 6.92 Å². The molecule has 3 heteroatoms. The summed E-state index contributed by atoms with van der Waals surface area (Å²) in [4.78, 5) is 22.2. The fourth-order valence-electron chi connectivity index (χ4n) is 1.39. The first-order chi connectivity index (χ1) is 7.02. The third kappa shape index (κ3) is 5.35. The molecular weight excluding hydrogens is 192 g/mol.